The van der Waals surface area contributed by atoms with Crippen LogP contribution in [0.2, 0.25) is 0 Å². The third-order valence-corrected chi connectivity index (χ3v) is 2.25. The lowest BCUT2D eigenvalue weighted by atomic mass is 10.2. The van der Waals surface area contributed by atoms with Crippen molar-refractivity contribution in [2.45, 2.75) is 20.5 Å². The van der Waals surface area contributed by atoms with E-state index in [0.29, 0.717) is 18.2 Å². The van der Waals surface area contributed by atoms with Crippen molar-refractivity contribution in [2.75, 3.05) is 18.4 Å². The summed E-state index contributed by atoms with van der Waals surface area (Å²) in [5, 5.41) is 5.49. The van der Waals surface area contributed by atoms with E-state index < -0.39 is 6.61 Å². The Balaban J connectivity index is 2.50. The highest BCUT2D eigenvalue weighted by atomic mass is 19.3. The molecule has 106 valence electrons. The Morgan fingerprint density at radius 1 is 1.32 bits per heavy atom. The molecular formula is C13H18F2N2O2. The first-order valence-corrected chi connectivity index (χ1v) is 6.03. The summed E-state index contributed by atoms with van der Waals surface area (Å²) in [4.78, 5) is 11.5. The van der Waals surface area contributed by atoms with Gasteiger partial charge >= 0.3 is 6.61 Å². The Bertz CT molecular complexity index is 411. The summed E-state index contributed by atoms with van der Waals surface area (Å²) in [7, 11) is 0. The zero-order valence-electron chi connectivity index (χ0n) is 11.0. The average molecular weight is 272 g/mol. The molecule has 0 aromatic heterocycles. The Morgan fingerprint density at radius 3 is 2.63 bits per heavy atom. The monoisotopic (exact) mass is 272 g/mol. The van der Waals surface area contributed by atoms with E-state index in [1.165, 1.54) is 6.07 Å². The van der Waals surface area contributed by atoms with Gasteiger partial charge in [-0.15, -0.1) is 0 Å². The normalized spacial score (nSPS) is 10.6. The van der Waals surface area contributed by atoms with Gasteiger partial charge in [0.15, 0.2) is 0 Å². The lowest BCUT2D eigenvalue weighted by Gasteiger charge is -2.13. The molecule has 0 atom stereocenters. The van der Waals surface area contributed by atoms with Gasteiger partial charge < -0.3 is 15.4 Å². The van der Waals surface area contributed by atoms with Crippen LogP contribution in [0.3, 0.4) is 0 Å². The number of carbonyl (C=O) groups is 1. The van der Waals surface area contributed by atoms with E-state index in [-0.39, 0.29) is 18.2 Å². The minimum absolute atomic E-state index is 0.0102. The number of hydrogen-bond acceptors (Lipinski definition) is 3. The van der Waals surface area contributed by atoms with Gasteiger partial charge in [-0.05, 0) is 18.1 Å². The molecule has 0 bridgehead atoms. The third-order valence-electron chi connectivity index (χ3n) is 2.25. The van der Waals surface area contributed by atoms with Crippen molar-refractivity contribution in [2.24, 2.45) is 5.92 Å². The molecule has 0 aliphatic rings. The van der Waals surface area contributed by atoms with Gasteiger partial charge in [-0.1, -0.05) is 26.0 Å². The first-order valence-electron chi connectivity index (χ1n) is 6.03. The molecule has 0 radical (unpaired) electrons. The van der Waals surface area contributed by atoms with E-state index >= 15 is 0 Å². The third kappa shape index (κ3) is 6.03. The first-order chi connectivity index (χ1) is 8.99. The molecule has 19 heavy (non-hydrogen) atoms. The van der Waals surface area contributed by atoms with Crippen LogP contribution >= 0.6 is 0 Å². The number of carbonyl (C=O) groups excluding carboxylic acids is 1. The second kappa shape index (κ2) is 7.56. The van der Waals surface area contributed by atoms with Gasteiger partial charge in [-0.25, -0.2) is 0 Å². The molecule has 1 aromatic rings. The second-order valence-corrected chi connectivity index (χ2v) is 4.43. The van der Waals surface area contributed by atoms with Gasteiger partial charge in [0.05, 0.1) is 12.2 Å². The molecule has 0 aliphatic heterocycles. The number of alkyl halides is 2. The van der Waals surface area contributed by atoms with Gasteiger partial charge in [0, 0.05) is 6.54 Å². The lowest BCUT2D eigenvalue weighted by molar-refractivity contribution is -0.119. The highest BCUT2D eigenvalue weighted by molar-refractivity contribution is 5.81. The van der Waals surface area contributed by atoms with Crippen LogP contribution in [0, 0.1) is 5.92 Å². The smallest absolute Gasteiger partial charge is 0.387 e. The molecule has 0 spiro atoms. The predicted molar refractivity (Wildman–Crippen MR) is 69.4 cm³/mol. The summed E-state index contributed by atoms with van der Waals surface area (Å²) in [6.07, 6.45) is 0. The summed E-state index contributed by atoms with van der Waals surface area (Å²) >= 11 is 0. The number of rotatable bonds is 7. The molecule has 1 aromatic carbocycles. The van der Waals surface area contributed by atoms with E-state index in [4.69, 9.17) is 0 Å². The zero-order chi connectivity index (χ0) is 14.3. The van der Waals surface area contributed by atoms with Gasteiger partial charge in [-0.3, -0.25) is 4.79 Å². The molecule has 2 N–H and O–H groups in total. The Labute approximate surface area is 111 Å². The molecule has 6 heteroatoms. The molecule has 1 amide bonds. The number of amides is 1. The number of hydrogen-bond donors (Lipinski definition) is 2. The van der Waals surface area contributed by atoms with E-state index in [1.54, 1.807) is 18.2 Å². The minimum atomic E-state index is -2.89. The van der Waals surface area contributed by atoms with Gasteiger partial charge in [0.2, 0.25) is 5.91 Å². The fourth-order valence-electron chi connectivity index (χ4n) is 1.37. The van der Waals surface area contributed by atoms with E-state index in [2.05, 4.69) is 15.4 Å². The van der Waals surface area contributed by atoms with Crippen LogP contribution in [-0.4, -0.2) is 25.6 Å². The van der Waals surface area contributed by atoms with Crippen molar-refractivity contribution in [1.82, 2.24) is 5.32 Å². The van der Waals surface area contributed by atoms with Crippen LogP contribution in [0.4, 0.5) is 14.5 Å². The minimum Gasteiger partial charge on any atom is -0.433 e. The fraction of sp³-hybridized carbons (Fsp3) is 0.462. The SMILES string of the molecule is CC(C)CNC(=O)CNc1ccccc1OC(F)F. The number of anilines is 1. The van der Waals surface area contributed by atoms with Gasteiger partial charge in [0.25, 0.3) is 0 Å². The Kier molecular flexibility index (Phi) is 6.05. The lowest BCUT2D eigenvalue weighted by Crippen LogP contribution is -2.32. The van der Waals surface area contributed by atoms with E-state index in [1.807, 2.05) is 13.8 Å². The number of benzene rings is 1. The van der Waals surface area contributed by atoms with Crippen LogP contribution in [-0.2, 0) is 4.79 Å². The highest BCUT2D eigenvalue weighted by Gasteiger charge is 2.09. The summed E-state index contributed by atoms with van der Waals surface area (Å²) in [5.74, 6) is 0.188. The molecule has 4 nitrogen and oxygen atoms in total. The van der Waals surface area contributed by atoms with Crippen molar-refractivity contribution in [3.63, 3.8) is 0 Å². The first kappa shape index (κ1) is 15.2. The molecule has 0 aliphatic carbocycles. The van der Waals surface area contributed by atoms with Crippen molar-refractivity contribution < 1.29 is 18.3 Å². The summed E-state index contributed by atoms with van der Waals surface area (Å²) in [5.41, 5.74) is 0.363. The molecule has 0 heterocycles. The predicted octanol–water partition coefficient (Wildman–Crippen LogP) is 2.47. The van der Waals surface area contributed by atoms with Crippen LogP contribution in [0.25, 0.3) is 0 Å². The van der Waals surface area contributed by atoms with Crippen LogP contribution in [0.5, 0.6) is 5.75 Å². The summed E-state index contributed by atoms with van der Waals surface area (Å²) in [6.45, 7) is 1.67. The standard InChI is InChI=1S/C13H18F2N2O2/c1-9(2)7-17-12(18)8-16-10-5-3-4-6-11(10)19-13(14)15/h3-6,9,13,16H,7-8H2,1-2H3,(H,17,18). The summed E-state index contributed by atoms with van der Waals surface area (Å²) < 4.78 is 28.7. The van der Waals surface area contributed by atoms with Gasteiger partial charge in [-0.2, -0.15) is 8.78 Å². The average Bonchev–Trinajstić information content (AvgIpc) is 2.34. The molecule has 0 saturated heterocycles. The number of halogens is 2. The molecule has 0 saturated carbocycles. The quantitative estimate of drug-likeness (QED) is 0.801. The van der Waals surface area contributed by atoms with E-state index in [9.17, 15) is 13.6 Å². The molecular weight excluding hydrogens is 254 g/mol. The number of nitrogens with one attached hydrogen (secondary N) is 2. The number of para-hydroxylation sites is 2. The van der Waals surface area contributed by atoms with Crippen molar-refractivity contribution >= 4 is 11.6 Å². The zero-order valence-corrected chi connectivity index (χ0v) is 11.0. The fourth-order valence-corrected chi connectivity index (χ4v) is 1.37. The topological polar surface area (TPSA) is 50.4 Å². The molecule has 1 rings (SSSR count). The maximum Gasteiger partial charge on any atom is 0.387 e. The van der Waals surface area contributed by atoms with Crippen LogP contribution < -0.4 is 15.4 Å². The number of ether oxygens (including phenoxy) is 1. The molecule has 0 unspecified atom stereocenters. The highest BCUT2D eigenvalue weighted by Crippen LogP contribution is 2.24. The van der Waals surface area contributed by atoms with Crippen molar-refractivity contribution in [1.29, 1.82) is 0 Å². The van der Waals surface area contributed by atoms with Crippen LogP contribution in [0.15, 0.2) is 24.3 Å². The largest absolute Gasteiger partial charge is 0.433 e. The van der Waals surface area contributed by atoms with Gasteiger partial charge in [0.1, 0.15) is 5.75 Å². The maximum atomic E-state index is 12.2. The maximum absolute atomic E-state index is 12.2. The summed E-state index contributed by atoms with van der Waals surface area (Å²) in [6, 6.07) is 6.25. The Hall–Kier alpha value is -1.85. The second-order valence-electron chi connectivity index (χ2n) is 4.43. The van der Waals surface area contributed by atoms with E-state index in [0.717, 1.165) is 0 Å². The van der Waals surface area contributed by atoms with Crippen molar-refractivity contribution in [3.05, 3.63) is 24.3 Å². The van der Waals surface area contributed by atoms with Crippen molar-refractivity contribution in [3.8, 4) is 5.75 Å². The van der Waals surface area contributed by atoms with Crippen LogP contribution in [0.1, 0.15) is 13.8 Å². The molecule has 0 fully saturated rings. The Morgan fingerprint density at radius 2 is 2.00 bits per heavy atom.